The van der Waals surface area contributed by atoms with Gasteiger partial charge in [0.1, 0.15) is 11.6 Å². The lowest BCUT2D eigenvalue weighted by Gasteiger charge is -2.06. The van der Waals surface area contributed by atoms with Gasteiger partial charge < -0.3 is 13.9 Å². The van der Waals surface area contributed by atoms with Gasteiger partial charge in [-0.25, -0.2) is 9.97 Å². The Balaban J connectivity index is 1.74. The first kappa shape index (κ1) is 15.2. The lowest BCUT2D eigenvalue weighted by molar-refractivity contribution is -0.0498. The Bertz CT molecular complexity index is 764. The van der Waals surface area contributed by atoms with Crippen molar-refractivity contribution in [2.45, 2.75) is 26.5 Å². The van der Waals surface area contributed by atoms with Crippen molar-refractivity contribution in [3.8, 4) is 11.4 Å². The number of alkyl halides is 2. The van der Waals surface area contributed by atoms with Crippen molar-refractivity contribution < 1.29 is 13.5 Å². The first-order chi connectivity index (χ1) is 11.2. The molecule has 0 bridgehead atoms. The molecule has 2 aromatic heterocycles. The number of rotatable bonds is 6. The van der Waals surface area contributed by atoms with Gasteiger partial charge in [0.2, 0.25) is 0 Å². The SMILES string of the molecule is CCc1nccn1Cc1cn(-c2ccc(OC(F)F)cc2)cn1. The molecule has 0 aliphatic rings. The van der Waals surface area contributed by atoms with E-state index in [-0.39, 0.29) is 5.75 Å². The summed E-state index contributed by atoms with van der Waals surface area (Å²) in [5, 5.41) is 0. The smallest absolute Gasteiger partial charge is 0.387 e. The molecule has 23 heavy (non-hydrogen) atoms. The minimum absolute atomic E-state index is 0.134. The number of halogens is 2. The second-order valence-corrected chi connectivity index (χ2v) is 4.97. The Morgan fingerprint density at radius 3 is 2.65 bits per heavy atom. The molecular formula is C16H16F2N4O. The Morgan fingerprint density at radius 1 is 1.17 bits per heavy atom. The summed E-state index contributed by atoms with van der Waals surface area (Å²) in [5.41, 5.74) is 1.72. The molecule has 0 spiro atoms. The summed E-state index contributed by atoms with van der Waals surface area (Å²) in [7, 11) is 0. The summed E-state index contributed by atoms with van der Waals surface area (Å²) in [6, 6.07) is 6.42. The Hall–Kier alpha value is -2.70. The van der Waals surface area contributed by atoms with Gasteiger partial charge in [0.05, 0.1) is 18.6 Å². The summed E-state index contributed by atoms with van der Waals surface area (Å²) < 4.78 is 32.5. The van der Waals surface area contributed by atoms with Gasteiger partial charge in [0.15, 0.2) is 0 Å². The largest absolute Gasteiger partial charge is 0.435 e. The van der Waals surface area contributed by atoms with Crippen molar-refractivity contribution in [3.63, 3.8) is 0 Å². The van der Waals surface area contributed by atoms with Gasteiger partial charge in [-0.2, -0.15) is 8.78 Å². The van der Waals surface area contributed by atoms with Crippen LogP contribution < -0.4 is 4.74 Å². The lowest BCUT2D eigenvalue weighted by Crippen LogP contribution is -2.03. The van der Waals surface area contributed by atoms with Crippen LogP contribution in [0.1, 0.15) is 18.4 Å². The van der Waals surface area contributed by atoms with Crippen molar-refractivity contribution in [3.05, 3.63) is 60.7 Å². The predicted octanol–water partition coefficient (Wildman–Crippen LogP) is 3.28. The number of nitrogens with zero attached hydrogens (tertiary/aromatic N) is 4. The van der Waals surface area contributed by atoms with Crippen molar-refractivity contribution in [1.29, 1.82) is 0 Å². The second kappa shape index (κ2) is 6.60. The van der Waals surface area contributed by atoms with Crippen molar-refractivity contribution in [2.24, 2.45) is 0 Å². The fraction of sp³-hybridized carbons (Fsp3) is 0.250. The van der Waals surface area contributed by atoms with E-state index < -0.39 is 6.61 Å². The third kappa shape index (κ3) is 3.56. The molecule has 1 aromatic carbocycles. The highest BCUT2D eigenvalue weighted by Crippen LogP contribution is 2.18. The number of benzene rings is 1. The molecule has 3 rings (SSSR count). The third-order valence-electron chi connectivity index (χ3n) is 3.45. The van der Waals surface area contributed by atoms with Crippen molar-refractivity contribution in [2.75, 3.05) is 0 Å². The molecule has 5 nitrogen and oxygen atoms in total. The van der Waals surface area contributed by atoms with Crippen LogP contribution >= 0.6 is 0 Å². The zero-order valence-electron chi connectivity index (χ0n) is 12.6. The molecule has 0 saturated heterocycles. The van der Waals surface area contributed by atoms with E-state index in [2.05, 4.69) is 21.6 Å². The molecule has 7 heteroatoms. The first-order valence-electron chi connectivity index (χ1n) is 7.24. The second-order valence-electron chi connectivity index (χ2n) is 4.97. The number of hydrogen-bond acceptors (Lipinski definition) is 3. The van der Waals surface area contributed by atoms with Gasteiger partial charge in [-0.3, -0.25) is 0 Å². The van der Waals surface area contributed by atoms with Gasteiger partial charge in [0, 0.05) is 30.7 Å². The van der Waals surface area contributed by atoms with E-state index in [0.717, 1.165) is 23.6 Å². The van der Waals surface area contributed by atoms with Crippen LogP contribution in [0.15, 0.2) is 49.2 Å². The maximum absolute atomic E-state index is 12.1. The van der Waals surface area contributed by atoms with E-state index in [1.54, 1.807) is 24.7 Å². The third-order valence-corrected chi connectivity index (χ3v) is 3.45. The average Bonchev–Trinajstić information content (AvgIpc) is 3.17. The summed E-state index contributed by atoms with van der Waals surface area (Å²) >= 11 is 0. The molecule has 0 radical (unpaired) electrons. The standard InChI is InChI=1S/C16H16F2N4O/c1-2-15-19-7-8-21(15)9-12-10-22(11-20-12)13-3-5-14(6-4-13)23-16(17)18/h3-8,10-11,16H,2,9H2,1H3. The van der Waals surface area contributed by atoms with Crippen LogP contribution in [-0.4, -0.2) is 25.7 Å². The highest BCUT2D eigenvalue weighted by atomic mass is 19.3. The van der Waals surface area contributed by atoms with Crippen LogP contribution in [0, 0.1) is 0 Å². The van der Waals surface area contributed by atoms with E-state index in [9.17, 15) is 8.78 Å². The molecule has 0 aliphatic carbocycles. The Labute approximate surface area is 132 Å². The highest BCUT2D eigenvalue weighted by molar-refractivity contribution is 5.37. The van der Waals surface area contributed by atoms with Crippen molar-refractivity contribution in [1.82, 2.24) is 19.1 Å². The highest BCUT2D eigenvalue weighted by Gasteiger charge is 2.07. The number of imidazole rings is 2. The Morgan fingerprint density at radius 2 is 1.96 bits per heavy atom. The van der Waals surface area contributed by atoms with Crippen LogP contribution in [0.3, 0.4) is 0 Å². The molecule has 3 aromatic rings. The number of aryl methyl sites for hydroxylation is 1. The maximum Gasteiger partial charge on any atom is 0.387 e. The van der Waals surface area contributed by atoms with Crippen LogP contribution in [0.5, 0.6) is 5.75 Å². The minimum Gasteiger partial charge on any atom is -0.435 e. The topological polar surface area (TPSA) is 44.9 Å². The summed E-state index contributed by atoms with van der Waals surface area (Å²) in [5.74, 6) is 1.14. The van der Waals surface area contributed by atoms with Gasteiger partial charge in [-0.1, -0.05) is 6.92 Å². The van der Waals surface area contributed by atoms with E-state index >= 15 is 0 Å². The molecular weight excluding hydrogens is 302 g/mol. The van der Waals surface area contributed by atoms with E-state index in [1.165, 1.54) is 12.1 Å². The summed E-state index contributed by atoms with van der Waals surface area (Å²) in [6.07, 6.45) is 8.16. The summed E-state index contributed by atoms with van der Waals surface area (Å²) in [4.78, 5) is 8.66. The molecule has 0 fully saturated rings. The molecule has 0 unspecified atom stereocenters. The van der Waals surface area contributed by atoms with E-state index in [0.29, 0.717) is 6.54 Å². The molecule has 120 valence electrons. The van der Waals surface area contributed by atoms with E-state index in [1.807, 2.05) is 21.5 Å². The molecule has 0 atom stereocenters. The molecule has 0 N–H and O–H groups in total. The molecule has 0 aliphatic heterocycles. The zero-order chi connectivity index (χ0) is 16.2. The van der Waals surface area contributed by atoms with Crippen LogP contribution in [0.25, 0.3) is 5.69 Å². The van der Waals surface area contributed by atoms with E-state index in [4.69, 9.17) is 0 Å². The maximum atomic E-state index is 12.1. The molecule has 2 heterocycles. The summed E-state index contributed by atoms with van der Waals surface area (Å²) in [6.45, 7) is -0.118. The molecule has 0 amide bonds. The monoisotopic (exact) mass is 318 g/mol. The van der Waals surface area contributed by atoms with Gasteiger partial charge in [-0.05, 0) is 24.3 Å². The predicted molar refractivity (Wildman–Crippen MR) is 80.9 cm³/mol. The normalized spacial score (nSPS) is 11.1. The fourth-order valence-corrected chi connectivity index (χ4v) is 2.36. The zero-order valence-corrected chi connectivity index (χ0v) is 12.6. The fourth-order valence-electron chi connectivity index (χ4n) is 2.36. The van der Waals surface area contributed by atoms with Crippen molar-refractivity contribution >= 4 is 0 Å². The van der Waals surface area contributed by atoms with Gasteiger partial charge >= 0.3 is 6.61 Å². The number of aromatic nitrogens is 4. The Kier molecular flexibility index (Phi) is 4.36. The van der Waals surface area contributed by atoms with Crippen LogP contribution in [0.4, 0.5) is 8.78 Å². The lowest BCUT2D eigenvalue weighted by atomic mass is 10.3. The number of ether oxygens (including phenoxy) is 1. The average molecular weight is 318 g/mol. The van der Waals surface area contributed by atoms with Gasteiger partial charge in [0.25, 0.3) is 0 Å². The quantitative estimate of drug-likeness (QED) is 0.700. The molecule has 0 saturated carbocycles. The number of hydrogen-bond donors (Lipinski definition) is 0. The van der Waals surface area contributed by atoms with Gasteiger partial charge in [-0.15, -0.1) is 0 Å². The van der Waals surface area contributed by atoms with Crippen LogP contribution in [-0.2, 0) is 13.0 Å². The minimum atomic E-state index is -2.82. The first-order valence-corrected chi connectivity index (χ1v) is 7.24. The van der Waals surface area contributed by atoms with Crippen LogP contribution in [0.2, 0.25) is 0 Å².